The van der Waals surface area contributed by atoms with Gasteiger partial charge in [0.2, 0.25) is 0 Å². The highest BCUT2D eigenvalue weighted by molar-refractivity contribution is 9.10. The molecular weight excluding hydrogens is 450 g/mol. The van der Waals surface area contributed by atoms with E-state index in [0.717, 1.165) is 37.3 Å². The minimum atomic E-state index is -0.377. The third-order valence-corrected chi connectivity index (χ3v) is 6.17. The van der Waals surface area contributed by atoms with Gasteiger partial charge in [-0.3, -0.25) is 4.79 Å². The number of hydrogen-bond donors (Lipinski definition) is 0. The van der Waals surface area contributed by atoms with Crippen LogP contribution in [0.1, 0.15) is 6.92 Å². The molecule has 2 aromatic heterocycles. The first kappa shape index (κ1) is 19.7. The number of esters is 1. The van der Waals surface area contributed by atoms with E-state index in [4.69, 9.17) is 4.74 Å². The molecule has 2 heterocycles. The van der Waals surface area contributed by atoms with E-state index in [1.165, 1.54) is 18.9 Å². The van der Waals surface area contributed by atoms with E-state index in [1.54, 1.807) is 6.33 Å². The van der Waals surface area contributed by atoms with Gasteiger partial charge in [-0.15, -0.1) is 0 Å². The number of carbonyl (C=O) groups is 1. The predicted octanol–water partition coefficient (Wildman–Crippen LogP) is 5.50. The Kier molecular flexibility index (Phi) is 5.69. The lowest BCUT2D eigenvalue weighted by atomic mass is 10.1. The molecule has 0 spiro atoms. The predicted molar refractivity (Wildman–Crippen MR) is 119 cm³/mol. The minimum absolute atomic E-state index is 0.282. The number of hydrogen-bond acceptors (Lipinski definition) is 5. The lowest BCUT2D eigenvalue weighted by Gasteiger charge is -2.10. The fraction of sp³-hybridized carbons (Fsp3) is 0.136. The lowest BCUT2D eigenvalue weighted by molar-refractivity contribution is -0.139. The van der Waals surface area contributed by atoms with Crippen molar-refractivity contribution in [2.24, 2.45) is 0 Å². The Hall–Kier alpha value is -2.64. The molecule has 0 radical (unpaired) electrons. The first-order valence-corrected chi connectivity index (χ1v) is 10.7. The molecule has 0 N–H and O–H groups in total. The number of aromatic nitrogens is 3. The number of ether oxygens (including phenoxy) is 1. The van der Waals surface area contributed by atoms with E-state index in [-0.39, 0.29) is 11.2 Å². The van der Waals surface area contributed by atoms with Gasteiger partial charge >= 0.3 is 5.97 Å². The molecular formula is C22H18BrN3O2S. The van der Waals surface area contributed by atoms with Crippen molar-refractivity contribution in [3.05, 3.63) is 71.6 Å². The molecule has 1 atom stereocenters. The van der Waals surface area contributed by atoms with Crippen LogP contribution in [-0.4, -0.2) is 32.9 Å². The van der Waals surface area contributed by atoms with Crippen LogP contribution in [-0.2, 0) is 9.53 Å². The largest absolute Gasteiger partial charge is 0.468 e. The van der Waals surface area contributed by atoms with Crippen LogP contribution in [0.15, 0.2) is 76.6 Å². The summed E-state index contributed by atoms with van der Waals surface area (Å²) in [5, 5.41) is 1.29. The van der Waals surface area contributed by atoms with Crippen LogP contribution < -0.4 is 0 Å². The highest BCUT2D eigenvalue weighted by atomic mass is 79.9. The summed E-state index contributed by atoms with van der Waals surface area (Å²) >= 11 is 4.87. The van der Waals surface area contributed by atoms with E-state index in [1.807, 2.05) is 49.4 Å². The fourth-order valence-electron chi connectivity index (χ4n) is 3.14. The number of methoxy groups -OCH3 is 1. The summed E-state index contributed by atoms with van der Waals surface area (Å²) in [6.07, 6.45) is 3.61. The van der Waals surface area contributed by atoms with Crippen LogP contribution in [0.3, 0.4) is 0 Å². The molecule has 4 aromatic rings. The summed E-state index contributed by atoms with van der Waals surface area (Å²) < 4.78 is 7.95. The number of carbonyl (C=O) groups excluding carboxylic acids is 1. The average molecular weight is 468 g/mol. The Balaban J connectivity index is 1.94. The van der Waals surface area contributed by atoms with Crippen molar-refractivity contribution in [2.45, 2.75) is 17.2 Å². The molecule has 0 fully saturated rings. The molecule has 5 nitrogen and oxygen atoms in total. The summed E-state index contributed by atoms with van der Waals surface area (Å²) in [6, 6.07) is 18.2. The maximum absolute atomic E-state index is 12.0. The van der Waals surface area contributed by atoms with Crippen LogP contribution in [0.2, 0.25) is 0 Å². The maximum atomic E-state index is 12.0. The van der Waals surface area contributed by atoms with Crippen LogP contribution in [0, 0.1) is 0 Å². The quantitative estimate of drug-likeness (QED) is 0.220. The second-order valence-corrected chi connectivity index (χ2v) is 8.66. The number of thioether (sulfide) groups is 1. The smallest absolute Gasteiger partial charge is 0.318 e. The molecule has 0 aliphatic heterocycles. The average Bonchev–Trinajstić information content (AvgIpc) is 3.15. The summed E-state index contributed by atoms with van der Waals surface area (Å²) in [5.74, 6) is -0.282. The molecule has 146 valence electrons. The molecule has 0 unspecified atom stereocenters. The van der Waals surface area contributed by atoms with Crippen LogP contribution in [0.4, 0.5) is 0 Å². The lowest BCUT2D eigenvalue weighted by Crippen LogP contribution is -2.14. The van der Waals surface area contributed by atoms with Crippen molar-refractivity contribution in [3.8, 4) is 16.8 Å². The molecule has 29 heavy (non-hydrogen) atoms. The van der Waals surface area contributed by atoms with Gasteiger partial charge in [0.05, 0.1) is 12.5 Å². The highest BCUT2D eigenvalue weighted by Gasteiger charge is 2.22. The standard InChI is InChI=1S/C22H18BrN3O2S/c1-14(22(27)28-2)29-21-19-18(15-6-4-3-5-7-15)12-26(20(19)24-13-25-21)17-10-8-16(23)9-11-17/h3-14H,1-2H3/t14-/m0/s1. The number of benzene rings is 2. The molecule has 2 aromatic carbocycles. The highest BCUT2D eigenvalue weighted by Crippen LogP contribution is 2.38. The van der Waals surface area contributed by atoms with Crippen molar-refractivity contribution in [2.75, 3.05) is 7.11 Å². The van der Waals surface area contributed by atoms with E-state index < -0.39 is 0 Å². The van der Waals surface area contributed by atoms with E-state index in [9.17, 15) is 4.79 Å². The number of fused-ring (bicyclic) bond motifs is 1. The zero-order chi connectivity index (χ0) is 20.4. The van der Waals surface area contributed by atoms with Gasteiger partial charge in [0.25, 0.3) is 0 Å². The minimum Gasteiger partial charge on any atom is -0.468 e. The van der Waals surface area contributed by atoms with Crippen LogP contribution >= 0.6 is 27.7 Å². The Morgan fingerprint density at radius 3 is 2.52 bits per heavy atom. The topological polar surface area (TPSA) is 57.0 Å². The Bertz CT molecular complexity index is 1160. The van der Waals surface area contributed by atoms with Crippen molar-refractivity contribution in [1.82, 2.24) is 14.5 Å². The Labute approximate surface area is 181 Å². The van der Waals surface area contributed by atoms with Gasteiger partial charge < -0.3 is 9.30 Å². The normalized spacial score (nSPS) is 12.1. The first-order chi connectivity index (χ1) is 14.1. The second-order valence-electron chi connectivity index (χ2n) is 6.42. The van der Waals surface area contributed by atoms with E-state index in [0.29, 0.717) is 0 Å². The second kappa shape index (κ2) is 8.39. The molecule has 0 amide bonds. The number of rotatable bonds is 5. The van der Waals surface area contributed by atoms with Crippen LogP contribution in [0.5, 0.6) is 0 Å². The monoisotopic (exact) mass is 467 g/mol. The third kappa shape index (κ3) is 3.93. The Morgan fingerprint density at radius 1 is 1.10 bits per heavy atom. The molecule has 7 heteroatoms. The summed E-state index contributed by atoms with van der Waals surface area (Å²) in [5.41, 5.74) is 3.87. The fourth-order valence-corrected chi connectivity index (χ4v) is 4.36. The summed E-state index contributed by atoms with van der Waals surface area (Å²) in [7, 11) is 1.40. The van der Waals surface area contributed by atoms with Gasteiger partial charge in [0.15, 0.2) is 0 Å². The van der Waals surface area contributed by atoms with Crippen molar-refractivity contribution >= 4 is 44.7 Å². The third-order valence-electron chi connectivity index (χ3n) is 4.56. The Morgan fingerprint density at radius 2 is 1.83 bits per heavy atom. The molecule has 0 saturated heterocycles. The molecule has 0 bridgehead atoms. The van der Waals surface area contributed by atoms with Gasteiger partial charge in [0, 0.05) is 21.9 Å². The van der Waals surface area contributed by atoms with Gasteiger partial charge in [-0.2, -0.15) is 0 Å². The SMILES string of the molecule is COC(=O)[C@H](C)Sc1ncnc2c1c(-c1ccccc1)cn2-c1ccc(Br)cc1. The number of halogens is 1. The zero-order valence-electron chi connectivity index (χ0n) is 15.9. The van der Waals surface area contributed by atoms with Crippen molar-refractivity contribution < 1.29 is 9.53 Å². The van der Waals surface area contributed by atoms with Gasteiger partial charge in [-0.1, -0.05) is 58.0 Å². The molecule has 0 aliphatic carbocycles. The van der Waals surface area contributed by atoms with Gasteiger partial charge in [-0.25, -0.2) is 9.97 Å². The van der Waals surface area contributed by atoms with Crippen molar-refractivity contribution in [1.29, 1.82) is 0 Å². The molecule has 4 rings (SSSR count). The van der Waals surface area contributed by atoms with Crippen LogP contribution in [0.25, 0.3) is 27.8 Å². The number of nitrogens with zero attached hydrogens (tertiary/aromatic N) is 3. The van der Waals surface area contributed by atoms with E-state index in [2.05, 4.69) is 48.8 Å². The summed E-state index contributed by atoms with van der Waals surface area (Å²) in [4.78, 5) is 21.0. The van der Waals surface area contributed by atoms with Crippen molar-refractivity contribution in [3.63, 3.8) is 0 Å². The van der Waals surface area contributed by atoms with Gasteiger partial charge in [0.1, 0.15) is 22.3 Å². The van der Waals surface area contributed by atoms with E-state index >= 15 is 0 Å². The first-order valence-electron chi connectivity index (χ1n) is 9.00. The zero-order valence-corrected chi connectivity index (χ0v) is 18.3. The summed E-state index contributed by atoms with van der Waals surface area (Å²) in [6.45, 7) is 1.82. The molecule has 0 aliphatic rings. The maximum Gasteiger partial charge on any atom is 0.318 e. The van der Waals surface area contributed by atoms with Gasteiger partial charge in [-0.05, 0) is 36.8 Å². The molecule has 0 saturated carbocycles.